The second-order valence-corrected chi connectivity index (χ2v) is 3.44. The molecule has 0 radical (unpaired) electrons. The van der Waals surface area contributed by atoms with Gasteiger partial charge in [-0.2, -0.15) is 0 Å². The summed E-state index contributed by atoms with van der Waals surface area (Å²) in [5, 5.41) is 3.31. The first kappa shape index (κ1) is 9.59. The van der Waals surface area contributed by atoms with Crippen molar-refractivity contribution >= 4 is 0 Å². The van der Waals surface area contributed by atoms with Crippen molar-refractivity contribution in [2.24, 2.45) is 0 Å². The molecular formula is C10H20N2. The lowest BCUT2D eigenvalue weighted by atomic mass is 10.2. The van der Waals surface area contributed by atoms with Gasteiger partial charge in [0, 0.05) is 31.9 Å². The van der Waals surface area contributed by atoms with Gasteiger partial charge in [0.05, 0.1) is 0 Å². The molecular weight excluding hydrogens is 148 g/mol. The molecule has 2 nitrogen and oxygen atoms in total. The lowest BCUT2D eigenvalue weighted by molar-refractivity contribution is 0.296. The molecule has 0 aromatic carbocycles. The quantitative estimate of drug-likeness (QED) is 0.641. The average molecular weight is 168 g/mol. The van der Waals surface area contributed by atoms with Gasteiger partial charge in [0.1, 0.15) is 0 Å². The van der Waals surface area contributed by atoms with Crippen LogP contribution in [0.2, 0.25) is 0 Å². The lowest BCUT2D eigenvalue weighted by Gasteiger charge is -2.31. The molecule has 1 aliphatic heterocycles. The molecule has 0 bridgehead atoms. The van der Waals surface area contributed by atoms with E-state index < -0.39 is 0 Å². The zero-order chi connectivity index (χ0) is 8.81. The fourth-order valence-corrected chi connectivity index (χ4v) is 1.54. The van der Waals surface area contributed by atoms with Crippen molar-refractivity contribution in [3.05, 3.63) is 12.3 Å². The van der Waals surface area contributed by atoms with Crippen LogP contribution in [0.5, 0.6) is 0 Å². The minimum atomic E-state index is 0.978. The fraction of sp³-hybridized carbons (Fsp3) is 0.800. The third kappa shape index (κ3) is 2.86. The summed E-state index contributed by atoms with van der Waals surface area (Å²) >= 11 is 0. The van der Waals surface area contributed by atoms with Crippen molar-refractivity contribution in [3.8, 4) is 0 Å². The molecule has 0 aromatic heterocycles. The minimum Gasteiger partial charge on any atom is -0.373 e. The second kappa shape index (κ2) is 5.20. The highest BCUT2D eigenvalue weighted by atomic mass is 15.2. The van der Waals surface area contributed by atoms with E-state index in [0.717, 1.165) is 19.6 Å². The van der Waals surface area contributed by atoms with E-state index in [-0.39, 0.29) is 0 Å². The van der Waals surface area contributed by atoms with Gasteiger partial charge < -0.3 is 10.2 Å². The van der Waals surface area contributed by atoms with Crippen molar-refractivity contribution in [1.82, 2.24) is 10.2 Å². The van der Waals surface area contributed by atoms with Crippen LogP contribution in [0, 0.1) is 0 Å². The summed E-state index contributed by atoms with van der Waals surface area (Å²) in [5.41, 5.74) is 1.26. The zero-order valence-corrected chi connectivity index (χ0v) is 8.10. The Kier molecular flexibility index (Phi) is 4.15. The van der Waals surface area contributed by atoms with E-state index in [1.54, 1.807) is 0 Å². The maximum atomic E-state index is 4.04. The van der Waals surface area contributed by atoms with Crippen LogP contribution in [0.1, 0.15) is 26.2 Å². The Morgan fingerprint density at radius 2 is 2.33 bits per heavy atom. The van der Waals surface area contributed by atoms with Gasteiger partial charge >= 0.3 is 0 Å². The van der Waals surface area contributed by atoms with Crippen molar-refractivity contribution in [3.63, 3.8) is 0 Å². The van der Waals surface area contributed by atoms with Gasteiger partial charge in [-0.3, -0.25) is 0 Å². The maximum absolute atomic E-state index is 4.04. The average Bonchev–Trinajstić information content (AvgIpc) is 2.09. The normalized spacial score (nSPS) is 18.4. The molecule has 1 fully saturated rings. The molecule has 12 heavy (non-hydrogen) atoms. The molecule has 1 N–H and O–H groups in total. The number of nitrogens with one attached hydrogen (secondary N) is 1. The molecule has 1 aliphatic rings. The first-order valence-corrected chi connectivity index (χ1v) is 4.98. The Morgan fingerprint density at radius 3 is 3.00 bits per heavy atom. The Bertz CT molecular complexity index is 143. The van der Waals surface area contributed by atoms with E-state index in [4.69, 9.17) is 0 Å². The zero-order valence-electron chi connectivity index (χ0n) is 8.10. The highest BCUT2D eigenvalue weighted by Gasteiger charge is 2.10. The Hall–Kier alpha value is -0.500. The summed E-state index contributed by atoms with van der Waals surface area (Å²) in [6.07, 6.45) is 3.96. The maximum Gasteiger partial charge on any atom is 0.0350 e. The van der Waals surface area contributed by atoms with Gasteiger partial charge in [0.2, 0.25) is 0 Å². The van der Waals surface area contributed by atoms with Crippen LogP contribution in [0.3, 0.4) is 0 Å². The van der Waals surface area contributed by atoms with E-state index in [1.807, 2.05) is 0 Å². The number of rotatable bonds is 4. The fourth-order valence-electron chi connectivity index (χ4n) is 1.54. The first-order chi connectivity index (χ1) is 5.84. The minimum absolute atomic E-state index is 0.978. The van der Waals surface area contributed by atoms with Crippen molar-refractivity contribution in [2.75, 3.05) is 26.2 Å². The molecule has 0 spiro atoms. The van der Waals surface area contributed by atoms with Gasteiger partial charge in [0.15, 0.2) is 0 Å². The second-order valence-electron chi connectivity index (χ2n) is 3.44. The van der Waals surface area contributed by atoms with Gasteiger partial charge in [-0.1, -0.05) is 26.3 Å². The lowest BCUT2D eigenvalue weighted by Crippen LogP contribution is -2.41. The van der Waals surface area contributed by atoms with Crippen LogP contribution < -0.4 is 5.32 Å². The molecule has 1 saturated heterocycles. The van der Waals surface area contributed by atoms with E-state index in [9.17, 15) is 0 Å². The summed E-state index contributed by atoms with van der Waals surface area (Å²) in [7, 11) is 0. The summed E-state index contributed by atoms with van der Waals surface area (Å²) in [6, 6.07) is 0. The highest BCUT2D eigenvalue weighted by Crippen LogP contribution is 2.06. The predicted molar refractivity (Wildman–Crippen MR) is 53.1 cm³/mol. The molecule has 1 rings (SSSR count). The number of hydrogen-bond acceptors (Lipinski definition) is 2. The highest BCUT2D eigenvalue weighted by molar-refractivity contribution is 4.99. The van der Waals surface area contributed by atoms with Gasteiger partial charge in [0.25, 0.3) is 0 Å². The third-order valence-electron chi connectivity index (χ3n) is 2.37. The largest absolute Gasteiger partial charge is 0.373 e. The monoisotopic (exact) mass is 168 g/mol. The summed E-state index contributed by atoms with van der Waals surface area (Å²) in [5.74, 6) is 0. The number of unbranched alkanes of at least 4 members (excludes halogenated alkanes) is 2. The van der Waals surface area contributed by atoms with E-state index >= 15 is 0 Å². The SMILES string of the molecule is C=C1CNCCN1CCCCC. The molecule has 0 saturated carbocycles. The van der Waals surface area contributed by atoms with Crippen molar-refractivity contribution in [1.29, 1.82) is 0 Å². The molecule has 1 heterocycles. The summed E-state index contributed by atoms with van der Waals surface area (Å²) in [6.45, 7) is 10.7. The summed E-state index contributed by atoms with van der Waals surface area (Å²) in [4.78, 5) is 2.41. The van der Waals surface area contributed by atoms with Crippen LogP contribution in [0.4, 0.5) is 0 Å². The molecule has 0 aromatic rings. The molecule has 0 amide bonds. The molecule has 2 heteroatoms. The molecule has 70 valence electrons. The van der Waals surface area contributed by atoms with Crippen LogP contribution in [-0.2, 0) is 0 Å². The smallest absolute Gasteiger partial charge is 0.0350 e. The first-order valence-electron chi connectivity index (χ1n) is 4.98. The van der Waals surface area contributed by atoms with Crippen LogP contribution in [0.25, 0.3) is 0 Å². The number of piperazine rings is 1. The third-order valence-corrected chi connectivity index (χ3v) is 2.37. The molecule has 0 unspecified atom stereocenters. The van der Waals surface area contributed by atoms with E-state index in [1.165, 1.54) is 31.5 Å². The van der Waals surface area contributed by atoms with Crippen LogP contribution in [0.15, 0.2) is 12.3 Å². The molecule has 0 aliphatic carbocycles. The van der Waals surface area contributed by atoms with Crippen molar-refractivity contribution < 1.29 is 0 Å². The van der Waals surface area contributed by atoms with Gasteiger partial charge in [-0.15, -0.1) is 0 Å². The van der Waals surface area contributed by atoms with Crippen molar-refractivity contribution in [2.45, 2.75) is 26.2 Å². The Balaban J connectivity index is 2.16. The molecule has 0 atom stereocenters. The van der Waals surface area contributed by atoms with Crippen LogP contribution in [-0.4, -0.2) is 31.1 Å². The van der Waals surface area contributed by atoms with Gasteiger partial charge in [-0.05, 0) is 6.42 Å². The van der Waals surface area contributed by atoms with Crippen LogP contribution >= 0.6 is 0 Å². The topological polar surface area (TPSA) is 15.3 Å². The summed E-state index contributed by atoms with van der Waals surface area (Å²) < 4.78 is 0. The number of hydrogen-bond donors (Lipinski definition) is 1. The number of nitrogens with zero attached hydrogens (tertiary/aromatic N) is 1. The van der Waals surface area contributed by atoms with Gasteiger partial charge in [-0.25, -0.2) is 0 Å². The Morgan fingerprint density at radius 1 is 1.50 bits per heavy atom. The van der Waals surface area contributed by atoms with E-state index in [2.05, 4.69) is 23.7 Å². The standard InChI is InChI=1S/C10H20N2/c1-3-4-5-7-12-8-6-11-9-10(12)2/h11H,2-9H2,1H3. The van der Waals surface area contributed by atoms with E-state index in [0.29, 0.717) is 0 Å². The predicted octanol–water partition coefficient (Wildman–Crippen LogP) is 1.60. The Labute approximate surface area is 75.6 Å².